The summed E-state index contributed by atoms with van der Waals surface area (Å²) in [5, 5.41) is 19.3. The molecule has 0 aliphatic rings. The molecule has 0 atom stereocenters. The first-order valence-electron chi connectivity index (χ1n) is 6.42. The van der Waals surface area contributed by atoms with Crippen molar-refractivity contribution in [1.29, 1.82) is 0 Å². The van der Waals surface area contributed by atoms with E-state index in [1.165, 1.54) is 23.5 Å². The van der Waals surface area contributed by atoms with E-state index in [2.05, 4.69) is 25.7 Å². The molecule has 1 aromatic carbocycles. The van der Waals surface area contributed by atoms with E-state index in [0.717, 1.165) is 16.8 Å². The lowest BCUT2D eigenvalue weighted by molar-refractivity contribution is -0.113. The third kappa shape index (κ3) is 4.11. The van der Waals surface area contributed by atoms with Crippen molar-refractivity contribution in [1.82, 2.24) is 20.4 Å². The Kier molecular flexibility index (Phi) is 4.63. The zero-order chi connectivity index (χ0) is 16.2. The Bertz CT molecular complexity index is 835. The van der Waals surface area contributed by atoms with Gasteiger partial charge in [0, 0.05) is 5.56 Å². The standard InChI is InChI=1S/C13H10FN5O2S2/c1-7-16-18-12(23-7)15-10(20)6-22-13-19-17-11(21-13)8-3-2-4-9(14)5-8/h2-5H,6H2,1H3,(H,15,18,20). The molecular formula is C13H10FN5O2S2. The van der Waals surface area contributed by atoms with Crippen LogP contribution in [-0.4, -0.2) is 32.1 Å². The van der Waals surface area contributed by atoms with Gasteiger partial charge in [0.15, 0.2) is 0 Å². The van der Waals surface area contributed by atoms with Gasteiger partial charge < -0.3 is 4.42 Å². The fourth-order valence-electron chi connectivity index (χ4n) is 1.64. The lowest BCUT2D eigenvalue weighted by Crippen LogP contribution is -2.13. The maximum Gasteiger partial charge on any atom is 0.277 e. The summed E-state index contributed by atoms with van der Waals surface area (Å²) in [7, 11) is 0. The molecule has 0 saturated carbocycles. The van der Waals surface area contributed by atoms with Gasteiger partial charge in [-0.1, -0.05) is 29.2 Å². The molecule has 10 heteroatoms. The van der Waals surface area contributed by atoms with E-state index in [9.17, 15) is 9.18 Å². The first-order valence-corrected chi connectivity index (χ1v) is 8.22. The Morgan fingerprint density at radius 2 is 2.22 bits per heavy atom. The lowest BCUT2D eigenvalue weighted by Gasteiger charge is -1.98. The highest BCUT2D eigenvalue weighted by molar-refractivity contribution is 7.99. The summed E-state index contributed by atoms with van der Waals surface area (Å²) in [5.74, 6) is -0.353. The number of halogens is 1. The van der Waals surface area contributed by atoms with Gasteiger partial charge in [-0.05, 0) is 25.1 Å². The molecule has 0 unspecified atom stereocenters. The Morgan fingerprint density at radius 1 is 1.35 bits per heavy atom. The van der Waals surface area contributed by atoms with Crippen LogP contribution in [0.2, 0.25) is 0 Å². The predicted octanol–water partition coefficient (Wildman–Crippen LogP) is 2.77. The summed E-state index contributed by atoms with van der Waals surface area (Å²) in [6.07, 6.45) is 0. The zero-order valence-electron chi connectivity index (χ0n) is 11.8. The third-order valence-electron chi connectivity index (χ3n) is 2.58. The van der Waals surface area contributed by atoms with Crippen LogP contribution in [0.15, 0.2) is 33.9 Å². The van der Waals surface area contributed by atoms with Crippen molar-refractivity contribution in [2.45, 2.75) is 12.1 Å². The predicted molar refractivity (Wildman–Crippen MR) is 83.7 cm³/mol. The number of aromatic nitrogens is 4. The van der Waals surface area contributed by atoms with Crippen LogP contribution in [0.1, 0.15) is 5.01 Å². The number of aryl methyl sites for hydroxylation is 1. The number of hydrogen-bond donors (Lipinski definition) is 1. The van der Waals surface area contributed by atoms with Crippen LogP contribution in [0.5, 0.6) is 0 Å². The van der Waals surface area contributed by atoms with Gasteiger partial charge in [0.1, 0.15) is 10.8 Å². The van der Waals surface area contributed by atoms with Crippen LogP contribution >= 0.6 is 23.1 Å². The van der Waals surface area contributed by atoms with E-state index in [1.807, 2.05) is 0 Å². The first-order chi connectivity index (χ1) is 11.1. The highest BCUT2D eigenvalue weighted by atomic mass is 32.2. The Hall–Kier alpha value is -2.33. The number of thioether (sulfide) groups is 1. The summed E-state index contributed by atoms with van der Waals surface area (Å²) >= 11 is 2.37. The molecular weight excluding hydrogens is 341 g/mol. The lowest BCUT2D eigenvalue weighted by atomic mass is 10.2. The van der Waals surface area contributed by atoms with Crippen molar-refractivity contribution < 1.29 is 13.6 Å². The Labute approximate surface area is 138 Å². The number of nitrogens with one attached hydrogen (secondary N) is 1. The number of benzene rings is 1. The monoisotopic (exact) mass is 351 g/mol. The van der Waals surface area contributed by atoms with Crippen molar-refractivity contribution >= 4 is 34.1 Å². The van der Waals surface area contributed by atoms with Gasteiger partial charge in [0.05, 0.1) is 5.75 Å². The second-order valence-corrected chi connectivity index (χ2v) is 6.45. The molecule has 0 aliphatic carbocycles. The SMILES string of the molecule is Cc1nnc(NC(=O)CSc2nnc(-c3cccc(F)c3)o2)s1. The molecule has 3 rings (SSSR count). The van der Waals surface area contributed by atoms with Crippen LogP contribution < -0.4 is 5.32 Å². The van der Waals surface area contributed by atoms with Crippen molar-refractivity contribution in [2.75, 3.05) is 11.1 Å². The smallest absolute Gasteiger partial charge is 0.277 e. The minimum absolute atomic E-state index is 0.0867. The highest BCUT2D eigenvalue weighted by Crippen LogP contribution is 2.24. The molecule has 7 nitrogen and oxygen atoms in total. The number of amides is 1. The van der Waals surface area contributed by atoms with E-state index in [0.29, 0.717) is 10.7 Å². The third-order valence-corrected chi connectivity index (χ3v) is 4.15. The largest absolute Gasteiger partial charge is 0.411 e. The second kappa shape index (κ2) is 6.84. The highest BCUT2D eigenvalue weighted by Gasteiger charge is 2.12. The fourth-order valence-corrected chi connectivity index (χ4v) is 2.81. The summed E-state index contributed by atoms with van der Waals surface area (Å²) < 4.78 is 18.6. The second-order valence-electron chi connectivity index (χ2n) is 4.35. The van der Waals surface area contributed by atoms with Gasteiger partial charge in [0.2, 0.25) is 16.9 Å². The Morgan fingerprint density at radius 3 is 2.96 bits per heavy atom. The molecule has 23 heavy (non-hydrogen) atoms. The molecule has 0 bridgehead atoms. The van der Waals surface area contributed by atoms with Gasteiger partial charge in [0.25, 0.3) is 5.22 Å². The molecule has 0 radical (unpaired) electrons. The number of nitrogens with zero attached hydrogens (tertiary/aromatic N) is 4. The molecule has 2 aromatic heterocycles. The van der Waals surface area contributed by atoms with Crippen molar-refractivity contribution in [2.24, 2.45) is 0 Å². The Balaban J connectivity index is 1.58. The molecule has 0 spiro atoms. The van der Waals surface area contributed by atoms with Gasteiger partial charge in [-0.25, -0.2) is 4.39 Å². The molecule has 3 aromatic rings. The van der Waals surface area contributed by atoms with Crippen molar-refractivity contribution in [3.8, 4) is 11.5 Å². The van der Waals surface area contributed by atoms with E-state index in [4.69, 9.17) is 4.42 Å². The van der Waals surface area contributed by atoms with Crippen LogP contribution in [-0.2, 0) is 4.79 Å². The summed E-state index contributed by atoms with van der Waals surface area (Å²) in [5.41, 5.74) is 0.484. The number of hydrogen-bond acceptors (Lipinski definition) is 8. The normalized spacial score (nSPS) is 10.7. The maximum atomic E-state index is 13.2. The summed E-state index contributed by atoms with van der Waals surface area (Å²) in [6, 6.07) is 5.84. The summed E-state index contributed by atoms with van der Waals surface area (Å²) in [6.45, 7) is 1.80. The molecule has 1 amide bonds. The zero-order valence-corrected chi connectivity index (χ0v) is 13.4. The minimum atomic E-state index is -0.387. The van der Waals surface area contributed by atoms with E-state index >= 15 is 0 Å². The van der Waals surface area contributed by atoms with Crippen LogP contribution in [0.25, 0.3) is 11.5 Å². The average Bonchev–Trinajstić information content (AvgIpc) is 3.14. The number of carbonyl (C=O) groups excluding carboxylic acids is 1. The van der Waals surface area contributed by atoms with E-state index < -0.39 is 0 Å². The molecule has 2 heterocycles. The minimum Gasteiger partial charge on any atom is -0.411 e. The molecule has 0 saturated heterocycles. The van der Waals surface area contributed by atoms with E-state index in [-0.39, 0.29) is 28.6 Å². The fraction of sp³-hybridized carbons (Fsp3) is 0.154. The van der Waals surface area contributed by atoms with Gasteiger partial charge >= 0.3 is 0 Å². The maximum absolute atomic E-state index is 13.2. The van der Waals surface area contributed by atoms with Crippen LogP contribution in [0, 0.1) is 12.7 Å². The topological polar surface area (TPSA) is 93.8 Å². The van der Waals surface area contributed by atoms with Gasteiger partial charge in [-0.15, -0.1) is 20.4 Å². The van der Waals surface area contributed by atoms with Crippen molar-refractivity contribution in [3.05, 3.63) is 35.1 Å². The quantitative estimate of drug-likeness (QED) is 0.706. The van der Waals surface area contributed by atoms with Gasteiger partial charge in [-0.3, -0.25) is 10.1 Å². The van der Waals surface area contributed by atoms with E-state index in [1.54, 1.807) is 19.1 Å². The van der Waals surface area contributed by atoms with Crippen LogP contribution in [0.4, 0.5) is 9.52 Å². The number of rotatable bonds is 5. The molecule has 0 fully saturated rings. The van der Waals surface area contributed by atoms with Gasteiger partial charge in [-0.2, -0.15) is 0 Å². The average molecular weight is 351 g/mol. The summed E-state index contributed by atoms with van der Waals surface area (Å²) in [4.78, 5) is 11.8. The number of anilines is 1. The number of carbonyl (C=O) groups is 1. The first kappa shape index (κ1) is 15.6. The molecule has 0 aliphatic heterocycles. The van der Waals surface area contributed by atoms with Crippen LogP contribution in [0.3, 0.4) is 0 Å². The van der Waals surface area contributed by atoms with Crippen molar-refractivity contribution in [3.63, 3.8) is 0 Å². The molecule has 118 valence electrons. The molecule has 1 N–H and O–H groups in total.